The molecule has 0 bridgehead atoms. The van der Waals surface area contributed by atoms with E-state index in [4.69, 9.17) is 4.74 Å². The Morgan fingerprint density at radius 3 is 2.14 bits per heavy atom. The smallest absolute Gasteiger partial charge is 0.262 e. The van der Waals surface area contributed by atoms with Gasteiger partial charge >= 0.3 is 0 Å². The molecule has 5 nitrogen and oxygen atoms in total. The molecular weight excluding hydrogens is 372 g/mol. The first-order valence-electron chi connectivity index (χ1n) is 9.03. The van der Waals surface area contributed by atoms with Gasteiger partial charge in [-0.25, -0.2) is 8.42 Å². The summed E-state index contributed by atoms with van der Waals surface area (Å²) >= 11 is 0. The van der Waals surface area contributed by atoms with E-state index in [-0.39, 0.29) is 4.90 Å². The van der Waals surface area contributed by atoms with Gasteiger partial charge < -0.3 is 10.1 Å². The molecule has 0 fully saturated rings. The maximum Gasteiger partial charge on any atom is 0.262 e. The maximum atomic E-state index is 12.5. The molecule has 0 aromatic heterocycles. The van der Waals surface area contributed by atoms with E-state index < -0.39 is 10.0 Å². The number of ether oxygens (including phenoxy) is 1. The lowest BCUT2D eigenvalue weighted by Crippen LogP contribution is -2.14. The lowest BCUT2D eigenvalue weighted by molar-refractivity contribution is 0.414. The number of rotatable bonds is 8. The Kier molecular flexibility index (Phi) is 6.21. The Morgan fingerprint density at radius 2 is 1.50 bits per heavy atom. The van der Waals surface area contributed by atoms with Crippen LogP contribution in [0.2, 0.25) is 0 Å². The van der Waals surface area contributed by atoms with Gasteiger partial charge in [0.05, 0.1) is 12.0 Å². The van der Waals surface area contributed by atoms with Crippen molar-refractivity contribution >= 4 is 21.4 Å². The summed E-state index contributed by atoms with van der Waals surface area (Å²) in [6.07, 6.45) is 0.881. The molecule has 3 aromatic rings. The van der Waals surface area contributed by atoms with Gasteiger partial charge in [0.2, 0.25) is 0 Å². The number of hydrogen-bond donors (Lipinski definition) is 2. The second-order valence-corrected chi connectivity index (χ2v) is 8.12. The highest BCUT2D eigenvalue weighted by molar-refractivity contribution is 7.92. The van der Waals surface area contributed by atoms with Crippen LogP contribution in [0.25, 0.3) is 0 Å². The molecular formula is C22H24N2O3S. The van der Waals surface area contributed by atoms with Crippen LogP contribution >= 0.6 is 0 Å². The highest BCUT2D eigenvalue weighted by Crippen LogP contribution is 2.20. The molecule has 0 radical (unpaired) electrons. The van der Waals surface area contributed by atoms with E-state index in [1.54, 1.807) is 44.4 Å². The van der Waals surface area contributed by atoms with E-state index in [9.17, 15) is 8.42 Å². The molecule has 2 N–H and O–H groups in total. The zero-order chi connectivity index (χ0) is 20.0. The van der Waals surface area contributed by atoms with Crippen LogP contribution in [0.1, 0.15) is 11.1 Å². The molecule has 0 aliphatic rings. The topological polar surface area (TPSA) is 67.4 Å². The maximum absolute atomic E-state index is 12.5. The van der Waals surface area contributed by atoms with Crippen molar-refractivity contribution in [2.75, 3.05) is 23.7 Å². The molecule has 0 atom stereocenters. The van der Waals surface area contributed by atoms with Crippen molar-refractivity contribution in [2.45, 2.75) is 18.2 Å². The minimum Gasteiger partial charge on any atom is -0.497 e. The number of nitrogens with one attached hydrogen (secondary N) is 2. The zero-order valence-electron chi connectivity index (χ0n) is 16.0. The second-order valence-electron chi connectivity index (χ2n) is 6.47. The third-order valence-electron chi connectivity index (χ3n) is 4.42. The Hall–Kier alpha value is -2.99. The summed E-state index contributed by atoms with van der Waals surface area (Å²) in [5, 5.41) is 3.34. The summed E-state index contributed by atoms with van der Waals surface area (Å²) < 4.78 is 32.9. The number of methoxy groups -OCH3 is 1. The molecule has 0 saturated heterocycles. The summed E-state index contributed by atoms with van der Waals surface area (Å²) in [7, 11) is -1.94. The van der Waals surface area contributed by atoms with Crippen LogP contribution in [0.15, 0.2) is 77.7 Å². The van der Waals surface area contributed by atoms with Gasteiger partial charge in [0, 0.05) is 17.9 Å². The predicted molar refractivity (Wildman–Crippen MR) is 114 cm³/mol. The van der Waals surface area contributed by atoms with Crippen LogP contribution in [-0.2, 0) is 16.4 Å². The van der Waals surface area contributed by atoms with Gasteiger partial charge in [-0.05, 0) is 66.9 Å². The number of benzene rings is 3. The third-order valence-corrected chi connectivity index (χ3v) is 5.96. The Bertz CT molecular complexity index is 1010. The number of anilines is 2. The van der Waals surface area contributed by atoms with Crippen LogP contribution in [0, 0.1) is 6.92 Å². The van der Waals surface area contributed by atoms with Crippen LogP contribution in [-0.4, -0.2) is 22.1 Å². The van der Waals surface area contributed by atoms with Gasteiger partial charge in [0.15, 0.2) is 0 Å². The average Bonchev–Trinajstić information content (AvgIpc) is 2.70. The molecule has 6 heteroatoms. The standard InChI is InChI=1S/C22H24N2O3S/c1-17-5-3-4-6-22(17)28(25,26)24-20-11-9-19(10-12-20)23-16-15-18-7-13-21(27-2)14-8-18/h3-14,23-24H,15-16H2,1-2H3. The number of aryl methyl sites for hydroxylation is 1. The fourth-order valence-electron chi connectivity index (χ4n) is 2.87. The van der Waals surface area contributed by atoms with E-state index in [0.717, 1.165) is 24.4 Å². The van der Waals surface area contributed by atoms with Gasteiger partial charge in [-0.3, -0.25) is 4.72 Å². The minimum atomic E-state index is -3.60. The highest BCUT2D eigenvalue weighted by atomic mass is 32.2. The van der Waals surface area contributed by atoms with Crippen molar-refractivity contribution in [1.82, 2.24) is 0 Å². The largest absolute Gasteiger partial charge is 0.497 e. The molecule has 0 heterocycles. The fraction of sp³-hybridized carbons (Fsp3) is 0.182. The monoisotopic (exact) mass is 396 g/mol. The van der Waals surface area contributed by atoms with Crippen LogP contribution in [0.5, 0.6) is 5.75 Å². The summed E-state index contributed by atoms with van der Waals surface area (Å²) in [6.45, 7) is 2.56. The summed E-state index contributed by atoms with van der Waals surface area (Å²) in [6, 6.07) is 22.2. The Balaban J connectivity index is 1.56. The molecule has 3 aromatic carbocycles. The van der Waals surface area contributed by atoms with Gasteiger partial charge in [0.25, 0.3) is 10.0 Å². The van der Waals surface area contributed by atoms with Crippen molar-refractivity contribution in [3.63, 3.8) is 0 Å². The van der Waals surface area contributed by atoms with Crippen molar-refractivity contribution < 1.29 is 13.2 Å². The number of hydrogen-bond acceptors (Lipinski definition) is 4. The Labute approximate surface area is 166 Å². The first-order chi connectivity index (χ1) is 13.5. The van der Waals surface area contributed by atoms with E-state index in [1.807, 2.05) is 42.5 Å². The quantitative estimate of drug-likeness (QED) is 0.590. The van der Waals surface area contributed by atoms with Crippen molar-refractivity contribution in [1.29, 1.82) is 0 Å². The molecule has 28 heavy (non-hydrogen) atoms. The fourth-order valence-corrected chi connectivity index (χ4v) is 4.17. The minimum absolute atomic E-state index is 0.289. The van der Waals surface area contributed by atoms with Gasteiger partial charge in [-0.1, -0.05) is 30.3 Å². The van der Waals surface area contributed by atoms with Crippen molar-refractivity contribution in [2.24, 2.45) is 0 Å². The predicted octanol–water partition coefficient (Wildman–Crippen LogP) is 4.46. The number of sulfonamides is 1. The second kappa shape index (κ2) is 8.80. The van der Waals surface area contributed by atoms with Gasteiger partial charge in [-0.2, -0.15) is 0 Å². The molecule has 0 spiro atoms. The van der Waals surface area contributed by atoms with Crippen LogP contribution in [0.4, 0.5) is 11.4 Å². The Morgan fingerprint density at radius 1 is 0.857 bits per heavy atom. The lowest BCUT2D eigenvalue weighted by atomic mass is 10.1. The molecule has 146 valence electrons. The van der Waals surface area contributed by atoms with E-state index >= 15 is 0 Å². The molecule has 0 amide bonds. The van der Waals surface area contributed by atoms with Crippen molar-refractivity contribution in [3.8, 4) is 5.75 Å². The molecule has 3 rings (SSSR count). The average molecular weight is 397 g/mol. The van der Waals surface area contributed by atoms with Crippen LogP contribution < -0.4 is 14.8 Å². The van der Waals surface area contributed by atoms with E-state index in [2.05, 4.69) is 10.0 Å². The van der Waals surface area contributed by atoms with Gasteiger partial charge in [-0.15, -0.1) is 0 Å². The summed E-state index contributed by atoms with van der Waals surface area (Å²) in [5.74, 6) is 0.848. The lowest BCUT2D eigenvalue weighted by Gasteiger charge is -2.11. The van der Waals surface area contributed by atoms with E-state index in [0.29, 0.717) is 11.3 Å². The SMILES string of the molecule is COc1ccc(CCNc2ccc(NS(=O)(=O)c3ccccc3C)cc2)cc1. The summed E-state index contributed by atoms with van der Waals surface area (Å²) in [4.78, 5) is 0.289. The van der Waals surface area contributed by atoms with Gasteiger partial charge in [0.1, 0.15) is 5.75 Å². The third kappa shape index (κ3) is 5.04. The van der Waals surface area contributed by atoms with Crippen molar-refractivity contribution in [3.05, 3.63) is 83.9 Å². The molecule has 0 aliphatic carbocycles. The van der Waals surface area contributed by atoms with E-state index in [1.165, 1.54) is 5.56 Å². The zero-order valence-corrected chi connectivity index (χ0v) is 16.8. The highest BCUT2D eigenvalue weighted by Gasteiger charge is 2.16. The molecule has 0 aliphatic heterocycles. The normalized spacial score (nSPS) is 11.1. The molecule has 0 saturated carbocycles. The first kappa shape index (κ1) is 19.8. The molecule has 0 unspecified atom stereocenters. The summed E-state index contributed by atoms with van der Waals surface area (Å²) in [5.41, 5.74) is 3.40. The first-order valence-corrected chi connectivity index (χ1v) is 10.5. The van der Waals surface area contributed by atoms with Crippen LogP contribution in [0.3, 0.4) is 0 Å².